The number of aryl methyl sites for hydroxylation is 1. The second-order valence-corrected chi connectivity index (χ2v) is 10.9. The van der Waals surface area contributed by atoms with Gasteiger partial charge < -0.3 is 19.5 Å². The number of methoxy groups -OCH3 is 3. The highest BCUT2D eigenvalue weighted by Crippen LogP contribution is 2.40. The number of esters is 1. The second kappa shape index (κ2) is 10.6. The van der Waals surface area contributed by atoms with Crippen LogP contribution in [0, 0.1) is 0 Å². The first-order valence-electron chi connectivity index (χ1n) is 11.1. The van der Waals surface area contributed by atoms with Crippen molar-refractivity contribution < 1.29 is 32.2 Å². The summed E-state index contributed by atoms with van der Waals surface area (Å²) in [5.74, 6) is -0.520. The average Bonchev–Trinajstić information content (AvgIpc) is 3.47. The molecule has 0 saturated heterocycles. The van der Waals surface area contributed by atoms with Gasteiger partial charge in [-0.25, -0.2) is 13.2 Å². The van der Waals surface area contributed by atoms with Gasteiger partial charge in [-0.05, 0) is 49.1 Å². The van der Waals surface area contributed by atoms with Crippen molar-refractivity contribution in [1.29, 1.82) is 0 Å². The summed E-state index contributed by atoms with van der Waals surface area (Å²) >= 11 is 1.32. The van der Waals surface area contributed by atoms with E-state index in [0.29, 0.717) is 16.3 Å². The molecule has 2 aromatic carbocycles. The lowest BCUT2D eigenvalue weighted by Crippen LogP contribution is -2.38. The van der Waals surface area contributed by atoms with Crippen molar-refractivity contribution in [3.05, 3.63) is 64.5 Å². The Labute approximate surface area is 213 Å². The van der Waals surface area contributed by atoms with Crippen molar-refractivity contribution in [3.63, 3.8) is 0 Å². The number of hydrogen-bond acceptors (Lipinski definition) is 8. The molecule has 190 valence electrons. The van der Waals surface area contributed by atoms with Gasteiger partial charge in [0.15, 0.2) is 0 Å². The molecule has 1 aliphatic rings. The van der Waals surface area contributed by atoms with E-state index in [1.807, 2.05) is 0 Å². The van der Waals surface area contributed by atoms with Gasteiger partial charge in [-0.15, -0.1) is 11.3 Å². The van der Waals surface area contributed by atoms with E-state index in [-0.39, 0.29) is 16.3 Å². The Bertz CT molecular complexity index is 1380. The number of ether oxygens (including phenoxy) is 3. The molecule has 1 N–H and O–H groups in total. The van der Waals surface area contributed by atoms with Crippen molar-refractivity contribution in [2.45, 2.75) is 24.2 Å². The van der Waals surface area contributed by atoms with Crippen LogP contribution in [0.4, 0.5) is 10.7 Å². The zero-order chi connectivity index (χ0) is 25.9. The number of hydrogen-bond donors (Lipinski definition) is 1. The van der Waals surface area contributed by atoms with E-state index in [1.54, 1.807) is 30.3 Å². The third-order valence-corrected chi connectivity index (χ3v) is 8.82. The van der Waals surface area contributed by atoms with Gasteiger partial charge in [0.05, 0.1) is 37.5 Å². The first-order chi connectivity index (χ1) is 17.3. The van der Waals surface area contributed by atoms with Crippen molar-refractivity contribution in [1.82, 2.24) is 0 Å². The maximum Gasteiger partial charge on any atom is 0.341 e. The van der Waals surface area contributed by atoms with Crippen LogP contribution in [-0.4, -0.2) is 48.2 Å². The number of carbonyl (C=O) groups is 2. The van der Waals surface area contributed by atoms with Crippen molar-refractivity contribution >= 4 is 43.9 Å². The van der Waals surface area contributed by atoms with Crippen LogP contribution in [0.1, 0.15) is 27.2 Å². The number of nitrogens with zero attached hydrogens (tertiary/aromatic N) is 1. The molecule has 4 rings (SSSR count). The second-order valence-electron chi connectivity index (χ2n) is 7.96. The minimum Gasteiger partial charge on any atom is -0.497 e. The van der Waals surface area contributed by atoms with Gasteiger partial charge in [0.25, 0.3) is 10.0 Å². The molecule has 0 atom stereocenters. The molecular weight excluding hydrogens is 504 g/mol. The van der Waals surface area contributed by atoms with Gasteiger partial charge >= 0.3 is 5.97 Å². The maximum absolute atomic E-state index is 13.7. The summed E-state index contributed by atoms with van der Waals surface area (Å²) in [5, 5.41) is 3.10. The quantitative estimate of drug-likeness (QED) is 0.418. The number of nitrogens with one attached hydrogen (secondary N) is 1. The number of rotatable bonds is 9. The van der Waals surface area contributed by atoms with E-state index in [1.165, 1.54) is 50.9 Å². The third kappa shape index (κ3) is 4.89. The lowest BCUT2D eigenvalue weighted by Gasteiger charge is -2.26. The van der Waals surface area contributed by atoms with E-state index in [9.17, 15) is 18.0 Å². The molecule has 11 heteroatoms. The Morgan fingerprint density at radius 3 is 2.44 bits per heavy atom. The number of anilines is 2. The van der Waals surface area contributed by atoms with Gasteiger partial charge in [-0.2, -0.15) is 0 Å². The summed E-state index contributed by atoms with van der Waals surface area (Å²) < 4.78 is 44.0. The number of thiophene rings is 1. The molecule has 1 amide bonds. The minimum atomic E-state index is -4.18. The highest BCUT2D eigenvalue weighted by Gasteiger charge is 2.32. The molecule has 3 aromatic rings. The Balaban J connectivity index is 1.73. The van der Waals surface area contributed by atoms with E-state index in [4.69, 9.17) is 14.2 Å². The predicted octanol–water partition coefficient (Wildman–Crippen LogP) is 3.87. The minimum absolute atomic E-state index is 0.00743. The van der Waals surface area contributed by atoms with Crippen molar-refractivity contribution in [2.75, 3.05) is 37.5 Å². The first-order valence-corrected chi connectivity index (χ1v) is 13.4. The lowest BCUT2D eigenvalue weighted by atomic mass is 10.1. The van der Waals surface area contributed by atoms with Crippen LogP contribution >= 0.6 is 11.3 Å². The van der Waals surface area contributed by atoms with Crippen LogP contribution in [0.25, 0.3) is 0 Å². The summed E-state index contributed by atoms with van der Waals surface area (Å²) in [6.07, 6.45) is 2.47. The fraction of sp³-hybridized carbons (Fsp3) is 0.280. The number of benzene rings is 2. The molecular formula is C25H26N2O7S2. The maximum atomic E-state index is 13.7. The number of fused-ring (bicyclic) bond motifs is 1. The van der Waals surface area contributed by atoms with Crippen LogP contribution in [0.15, 0.2) is 53.4 Å². The van der Waals surface area contributed by atoms with Gasteiger partial charge in [0, 0.05) is 10.9 Å². The monoisotopic (exact) mass is 530 g/mol. The fourth-order valence-electron chi connectivity index (χ4n) is 4.12. The van der Waals surface area contributed by atoms with E-state index >= 15 is 0 Å². The Morgan fingerprint density at radius 2 is 1.78 bits per heavy atom. The highest BCUT2D eigenvalue weighted by molar-refractivity contribution is 7.92. The van der Waals surface area contributed by atoms with E-state index in [2.05, 4.69) is 5.32 Å². The first kappa shape index (κ1) is 25.5. The molecule has 1 aliphatic carbocycles. The molecule has 0 saturated carbocycles. The van der Waals surface area contributed by atoms with Gasteiger partial charge in [0.1, 0.15) is 23.0 Å². The van der Waals surface area contributed by atoms with Gasteiger partial charge in [-0.1, -0.05) is 18.2 Å². The van der Waals surface area contributed by atoms with Crippen molar-refractivity contribution in [2.24, 2.45) is 0 Å². The summed E-state index contributed by atoms with van der Waals surface area (Å²) in [6, 6.07) is 12.5. The summed E-state index contributed by atoms with van der Waals surface area (Å²) in [6.45, 7) is -0.566. The topological polar surface area (TPSA) is 111 Å². The van der Waals surface area contributed by atoms with Crippen molar-refractivity contribution in [3.8, 4) is 11.5 Å². The molecule has 0 aliphatic heterocycles. The number of sulfonamides is 1. The zero-order valence-electron chi connectivity index (χ0n) is 20.1. The Hall–Kier alpha value is -3.57. The number of carbonyl (C=O) groups excluding carboxylic acids is 2. The van der Waals surface area contributed by atoms with Crippen LogP contribution in [0.2, 0.25) is 0 Å². The Morgan fingerprint density at radius 1 is 1.03 bits per heavy atom. The summed E-state index contributed by atoms with van der Waals surface area (Å²) in [4.78, 5) is 26.8. The molecule has 1 heterocycles. The lowest BCUT2D eigenvalue weighted by molar-refractivity contribution is -0.114. The van der Waals surface area contributed by atoms with Crippen LogP contribution in [0.3, 0.4) is 0 Å². The predicted molar refractivity (Wildman–Crippen MR) is 137 cm³/mol. The third-order valence-electron chi connectivity index (χ3n) is 5.84. The molecule has 0 unspecified atom stereocenters. The number of amides is 1. The van der Waals surface area contributed by atoms with E-state index in [0.717, 1.165) is 34.0 Å². The molecule has 9 nitrogen and oxygen atoms in total. The largest absolute Gasteiger partial charge is 0.497 e. The fourth-order valence-corrected chi connectivity index (χ4v) is 6.86. The molecule has 0 spiro atoms. The standard InChI is InChI=1S/C25H26N2O7S2/c1-32-16-12-13-20(33-2)19(14-16)27(36(30,31)17-8-5-4-6-9-17)15-22(28)26-24-23(25(29)34-3)18-10-7-11-21(18)35-24/h4-6,8-9,12-14H,7,10-11,15H2,1-3H3,(H,26,28). The molecule has 1 aromatic heterocycles. The van der Waals surface area contributed by atoms with Gasteiger partial charge in [-0.3, -0.25) is 9.10 Å². The average molecular weight is 531 g/mol. The molecule has 0 bridgehead atoms. The molecule has 0 fully saturated rings. The highest BCUT2D eigenvalue weighted by atomic mass is 32.2. The summed E-state index contributed by atoms with van der Waals surface area (Å²) in [5.41, 5.74) is 1.35. The molecule has 36 heavy (non-hydrogen) atoms. The smallest absolute Gasteiger partial charge is 0.341 e. The van der Waals surface area contributed by atoms with E-state index < -0.39 is 28.4 Å². The SMILES string of the molecule is COC(=O)c1c(NC(=O)CN(c2cc(OC)ccc2OC)S(=O)(=O)c2ccccc2)sc2c1CCC2. The van der Waals surface area contributed by atoms with Crippen LogP contribution < -0.4 is 19.1 Å². The Kier molecular flexibility index (Phi) is 7.51. The van der Waals surface area contributed by atoms with Crippen LogP contribution in [0.5, 0.6) is 11.5 Å². The summed E-state index contributed by atoms with van der Waals surface area (Å²) in [7, 11) is -0.0218. The normalized spacial score (nSPS) is 12.5. The zero-order valence-corrected chi connectivity index (χ0v) is 21.7. The van der Waals surface area contributed by atoms with Gasteiger partial charge in [0.2, 0.25) is 5.91 Å². The molecule has 0 radical (unpaired) electrons. The van der Waals surface area contributed by atoms with Crippen LogP contribution in [-0.2, 0) is 32.4 Å².